The summed E-state index contributed by atoms with van der Waals surface area (Å²) in [6.07, 6.45) is 2.21. The molecule has 1 aromatic carbocycles. The van der Waals surface area contributed by atoms with Crippen LogP contribution in [-0.2, 0) is 5.41 Å². The first-order chi connectivity index (χ1) is 9.39. The maximum absolute atomic E-state index is 6.59. The van der Waals surface area contributed by atoms with Crippen LogP contribution in [0.3, 0.4) is 0 Å². The molecule has 2 rings (SSSR count). The van der Waals surface area contributed by atoms with Gasteiger partial charge in [-0.15, -0.1) is 0 Å². The average Bonchev–Trinajstić information content (AvgIpc) is 3.18. The first-order valence-corrected chi connectivity index (χ1v) is 7.47. The first kappa shape index (κ1) is 15.5. The number of ether oxygens (including phenoxy) is 2. The van der Waals surface area contributed by atoms with Crippen molar-refractivity contribution in [2.75, 3.05) is 14.2 Å². The van der Waals surface area contributed by atoms with E-state index in [2.05, 4.69) is 26.8 Å². The fraction of sp³-hybridized carbons (Fsp3) is 0.625. The molecule has 0 heterocycles. The van der Waals surface area contributed by atoms with E-state index in [0.29, 0.717) is 22.4 Å². The maximum Gasteiger partial charge on any atom is 0.179 e. The van der Waals surface area contributed by atoms with Crippen LogP contribution in [0.4, 0.5) is 0 Å². The predicted molar refractivity (Wildman–Crippen MR) is 83.2 cm³/mol. The van der Waals surface area contributed by atoms with Crippen LogP contribution in [0.15, 0.2) is 6.07 Å². The molecule has 0 amide bonds. The molecule has 3 nitrogen and oxygen atoms in total. The molecule has 1 fully saturated rings. The molecule has 0 spiro atoms. The van der Waals surface area contributed by atoms with E-state index < -0.39 is 0 Å². The molecule has 0 aliphatic heterocycles. The highest BCUT2D eigenvalue weighted by Gasteiger charge is 2.49. The Morgan fingerprint density at radius 2 is 1.80 bits per heavy atom. The second kappa shape index (κ2) is 5.45. The minimum Gasteiger partial charge on any atom is -0.493 e. The van der Waals surface area contributed by atoms with Gasteiger partial charge in [0, 0.05) is 11.5 Å². The molecule has 112 valence electrons. The molecule has 1 saturated carbocycles. The summed E-state index contributed by atoms with van der Waals surface area (Å²) in [5, 5.41) is 0.656. The maximum atomic E-state index is 6.59. The SMILES string of the molecule is COc1cc(C2(C(C)N)CC2)c(C(C)C)c(Cl)c1OC. The van der Waals surface area contributed by atoms with E-state index in [1.165, 1.54) is 5.56 Å². The van der Waals surface area contributed by atoms with Crippen LogP contribution in [0.2, 0.25) is 5.02 Å². The van der Waals surface area contributed by atoms with Gasteiger partial charge in [0.15, 0.2) is 11.5 Å². The van der Waals surface area contributed by atoms with E-state index in [9.17, 15) is 0 Å². The number of benzene rings is 1. The highest BCUT2D eigenvalue weighted by atomic mass is 35.5. The third-order valence-electron chi connectivity index (χ3n) is 4.42. The lowest BCUT2D eigenvalue weighted by Gasteiger charge is -2.27. The summed E-state index contributed by atoms with van der Waals surface area (Å²) in [6.45, 7) is 6.36. The van der Waals surface area contributed by atoms with E-state index in [1.807, 2.05) is 0 Å². The molecule has 2 N–H and O–H groups in total. The van der Waals surface area contributed by atoms with Gasteiger partial charge in [-0.25, -0.2) is 0 Å². The Morgan fingerprint density at radius 1 is 1.20 bits per heavy atom. The monoisotopic (exact) mass is 297 g/mol. The Morgan fingerprint density at radius 3 is 2.15 bits per heavy atom. The Balaban J connectivity index is 2.70. The zero-order chi connectivity index (χ0) is 15.1. The quantitative estimate of drug-likeness (QED) is 0.897. The normalized spacial score (nSPS) is 18.0. The van der Waals surface area contributed by atoms with Gasteiger partial charge in [0.2, 0.25) is 0 Å². The minimum absolute atomic E-state index is 0.0444. The van der Waals surface area contributed by atoms with Crippen molar-refractivity contribution in [2.24, 2.45) is 5.73 Å². The van der Waals surface area contributed by atoms with E-state index in [0.717, 1.165) is 18.4 Å². The van der Waals surface area contributed by atoms with Crippen LogP contribution < -0.4 is 15.2 Å². The van der Waals surface area contributed by atoms with E-state index in [4.69, 9.17) is 26.8 Å². The van der Waals surface area contributed by atoms with Gasteiger partial charge in [0.25, 0.3) is 0 Å². The molecule has 1 atom stereocenters. The lowest BCUT2D eigenvalue weighted by Crippen LogP contribution is -2.32. The highest BCUT2D eigenvalue weighted by Crippen LogP contribution is 2.56. The Labute approximate surface area is 126 Å². The Bertz CT molecular complexity index is 508. The molecular weight excluding hydrogens is 274 g/mol. The number of nitrogens with two attached hydrogens (primary N) is 1. The van der Waals surface area contributed by atoms with Crippen LogP contribution in [0.25, 0.3) is 0 Å². The van der Waals surface area contributed by atoms with Crippen LogP contribution in [0.1, 0.15) is 50.7 Å². The fourth-order valence-electron chi connectivity index (χ4n) is 3.05. The van der Waals surface area contributed by atoms with Crippen molar-refractivity contribution in [3.63, 3.8) is 0 Å². The highest BCUT2D eigenvalue weighted by molar-refractivity contribution is 6.33. The van der Waals surface area contributed by atoms with Crippen molar-refractivity contribution >= 4 is 11.6 Å². The van der Waals surface area contributed by atoms with Crippen molar-refractivity contribution in [1.82, 2.24) is 0 Å². The summed E-state index contributed by atoms with van der Waals surface area (Å²) in [7, 11) is 3.25. The van der Waals surface area contributed by atoms with Gasteiger partial charge >= 0.3 is 0 Å². The molecule has 1 aromatic rings. The summed E-state index contributed by atoms with van der Waals surface area (Å²) in [5.41, 5.74) is 8.64. The molecule has 1 aliphatic carbocycles. The van der Waals surface area contributed by atoms with Crippen LogP contribution >= 0.6 is 11.6 Å². The van der Waals surface area contributed by atoms with E-state index in [-0.39, 0.29) is 11.5 Å². The van der Waals surface area contributed by atoms with Crippen LogP contribution in [0.5, 0.6) is 11.5 Å². The zero-order valence-electron chi connectivity index (χ0n) is 12.9. The topological polar surface area (TPSA) is 44.5 Å². The molecule has 0 aromatic heterocycles. The largest absolute Gasteiger partial charge is 0.493 e. The smallest absolute Gasteiger partial charge is 0.179 e. The molecule has 0 saturated heterocycles. The Kier molecular flexibility index (Phi) is 4.22. The molecule has 4 heteroatoms. The fourth-order valence-corrected chi connectivity index (χ4v) is 3.54. The summed E-state index contributed by atoms with van der Waals surface area (Å²) < 4.78 is 10.9. The number of hydrogen-bond donors (Lipinski definition) is 1. The average molecular weight is 298 g/mol. The molecule has 0 radical (unpaired) electrons. The molecule has 0 bridgehead atoms. The number of rotatable bonds is 5. The van der Waals surface area contributed by atoms with Crippen molar-refractivity contribution in [3.8, 4) is 11.5 Å². The molecule has 1 aliphatic rings. The second-order valence-corrected chi connectivity index (χ2v) is 6.36. The third-order valence-corrected chi connectivity index (χ3v) is 4.80. The van der Waals surface area contributed by atoms with Gasteiger partial charge in [0.05, 0.1) is 19.2 Å². The first-order valence-electron chi connectivity index (χ1n) is 7.09. The third kappa shape index (κ3) is 2.27. The summed E-state index contributed by atoms with van der Waals surface area (Å²) in [6, 6.07) is 2.17. The number of halogens is 1. The van der Waals surface area contributed by atoms with Gasteiger partial charge in [-0.1, -0.05) is 25.4 Å². The van der Waals surface area contributed by atoms with Crippen LogP contribution in [-0.4, -0.2) is 20.3 Å². The van der Waals surface area contributed by atoms with Gasteiger partial charge in [-0.2, -0.15) is 0 Å². The minimum atomic E-state index is 0.0444. The summed E-state index contributed by atoms with van der Waals surface area (Å²) >= 11 is 6.59. The van der Waals surface area contributed by atoms with Crippen molar-refractivity contribution in [3.05, 3.63) is 22.2 Å². The van der Waals surface area contributed by atoms with Gasteiger partial charge in [-0.05, 0) is 42.9 Å². The van der Waals surface area contributed by atoms with Crippen molar-refractivity contribution in [1.29, 1.82) is 0 Å². The molecular formula is C16H24ClNO2. The number of methoxy groups -OCH3 is 2. The molecule has 20 heavy (non-hydrogen) atoms. The van der Waals surface area contributed by atoms with Gasteiger partial charge < -0.3 is 15.2 Å². The lowest BCUT2D eigenvalue weighted by molar-refractivity contribution is 0.353. The number of hydrogen-bond acceptors (Lipinski definition) is 3. The van der Waals surface area contributed by atoms with Crippen molar-refractivity contribution < 1.29 is 9.47 Å². The Hall–Kier alpha value is -0.930. The lowest BCUT2D eigenvalue weighted by atomic mass is 9.82. The van der Waals surface area contributed by atoms with E-state index >= 15 is 0 Å². The van der Waals surface area contributed by atoms with Crippen molar-refractivity contribution in [2.45, 2.75) is 51.0 Å². The zero-order valence-corrected chi connectivity index (χ0v) is 13.7. The summed E-state index contributed by atoms with van der Waals surface area (Å²) in [5.74, 6) is 1.61. The van der Waals surface area contributed by atoms with Crippen LogP contribution in [0, 0.1) is 0 Å². The summed E-state index contributed by atoms with van der Waals surface area (Å²) in [4.78, 5) is 0. The van der Waals surface area contributed by atoms with E-state index in [1.54, 1.807) is 14.2 Å². The second-order valence-electron chi connectivity index (χ2n) is 5.99. The standard InChI is InChI=1S/C16H24ClNO2/c1-9(2)13-11(16(6-7-16)10(3)18)8-12(19-4)15(20-5)14(13)17/h8-10H,6-7,18H2,1-5H3. The van der Waals surface area contributed by atoms with Gasteiger partial charge in [0.1, 0.15) is 0 Å². The predicted octanol–water partition coefficient (Wildman–Crippen LogP) is 3.86. The van der Waals surface area contributed by atoms with Gasteiger partial charge in [-0.3, -0.25) is 0 Å². The molecule has 1 unspecified atom stereocenters.